The molecule has 0 aliphatic rings. The Balaban J connectivity index is 1.93. The fourth-order valence-electron chi connectivity index (χ4n) is 2.13. The fourth-order valence-corrected chi connectivity index (χ4v) is 2.33. The Bertz CT molecular complexity index is 622. The quantitative estimate of drug-likeness (QED) is 0.790. The highest BCUT2D eigenvalue weighted by Gasteiger charge is 2.07. The molecule has 0 amide bonds. The summed E-state index contributed by atoms with van der Waals surface area (Å²) in [5, 5.41) is 0.0641. The second-order valence-corrected chi connectivity index (χ2v) is 5.30. The number of rotatable bonds is 5. The van der Waals surface area contributed by atoms with E-state index in [1.54, 1.807) is 6.07 Å². The van der Waals surface area contributed by atoms with Crippen LogP contribution in [-0.4, -0.2) is 5.78 Å². The third kappa shape index (κ3) is 3.91. The van der Waals surface area contributed by atoms with E-state index >= 15 is 0 Å². The molecule has 0 fully saturated rings. The van der Waals surface area contributed by atoms with Crippen LogP contribution in [0.3, 0.4) is 0 Å². The van der Waals surface area contributed by atoms with Gasteiger partial charge < -0.3 is 0 Å². The summed E-state index contributed by atoms with van der Waals surface area (Å²) in [5.41, 5.74) is 3.15. The van der Waals surface area contributed by atoms with Crippen LogP contribution in [-0.2, 0) is 17.6 Å². The predicted molar refractivity (Wildman–Crippen MR) is 79.6 cm³/mol. The topological polar surface area (TPSA) is 17.1 Å². The molecule has 0 aromatic heterocycles. The fraction of sp³-hybridized carbons (Fsp3) is 0.235. The van der Waals surface area contributed by atoms with Crippen LogP contribution in [0.5, 0.6) is 0 Å². The average molecular weight is 291 g/mol. The van der Waals surface area contributed by atoms with Crippen molar-refractivity contribution < 1.29 is 9.18 Å². The molecule has 3 heteroatoms. The van der Waals surface area contributed by atoms with Crippen molar-refractivity contribution in [2.75, 3.05) is 0 Å². The average Bonchev–Trinajstić information content (AvgIpc) is 2.42. The zero-order valence-electron chi connectivity index (χ0n) is 11.3. The van der Waals surface area contributed by atoms with E-state index in [0.717, 1.165) is 12.0 Å². The second kappa shape index (κ2) is 6.67. The summed E-state index contributed by atoms with van der Waals surface area (Å²) < 4.78 is 13.0. The molecular formula is C17H16ClFO. The maximum absolute atomic E-state index is 13.0. The predicted octanol–water partition coefficient (Wildman–Crippen LogP) is 4.53. The smallest absolute Gasteiger partial charge is 0.141 e. The summed E-state index contributed by atoms with van der Waals surface area (Å²) >= 11 is 5.70. The molecule has 2 aromatic carbocycles. The third-order valence-electron chi connectivity index (χ3n) is 3.32. The van der Waals surface area contributed by atoms with Crippen molar-refractivity contribution in [2.45, 2.75) is 26.2 Å². The number of ketones is 1. The van der Waals surface area contributed by atoms with Crippen molar-refractivity contribution >= 4 is 17.4 Å². The summed E-state index contributed by atoms with van der Waals surface area (Å²) in [6.45, 7) is 2.04. The first kappa shape index (κ1) is 14.7. The Morgan fingerprint density at radius 3 is 2.65 bits per heavy atom. The number of hydrogen-bond acceptors (Lipinski definition) is 1. The van der Waals surface area contributed by atoms with Gasteiger partial charge in [0.2, 0.25) is 0 Å². The zero-order valence-corrected chi connectivity index (χ0v) is 12.1. The molecule has 2 rings (SSSR count). The Kier molecular flexibility index (Phi) is 4.91. The Morgan fingerprint density at radius 2 is 1.95 bits per heavy atom. The first-order valence-corrected chi connectivity index (χ1v) is 6.94. The molecule has 20 heavy (non-hydrogen) atoms. The molecule has 0 spiro atoms. The van der Waals surface area contributed by atoms with Crippen LogP contribution in [0.2, 0.25) is 5.02 Å². The molecule has 0 unspecified atom stereocenters. The van der Waals surface area contributed by atoms with Gasteiger partial charge in [0.25, 0.3) is 0 Å². The molecule has 0 aliphatic heterocycles. The van der Waals surface area contributed by atoms with Gasteiger partial charge in [-0.3, -0.25) is 4.79 Å². The van der Waals surface area contributed by atoms with Crippen LogP contribution in [0.4, 0.5) is 4.39 Å². The van der Waals surface area contributed by atoms with E-state index in [1.807, 2.05) is 31.2 Å². The summed E-state index contributed by atoms with van der Waals surface area (Å²) in [5.74, 6) is -0.321. The van der Waals surface area contributed by atoms with Crippen LogP contribution < -0.4 is 0 Å². The maximum atomic E-state index is 13.0. The molecule has 0 N–H and O–H groups in total. The first-order chi connectivity index (χ1) is 9.56. The molecule has 0 bridgehead atoms. The molecule has 0 atom stereocenters. The minimum atomic E-state index is -0.456. The van der Waals surface area contributed by atoms with E-state index in [-0.39, 0.29) is 10.8 Å². The highest BCUT2D eigenvalue weighted by Crippen LogP contribution is 2.17. The number of aryl methyl sites for hydroxylation is 2. The monoisotopic (exact) mass is 290 g/mol. The van der Waals surface area contributed by atoms with Gasteiger partial charge in [0.1, 0.15) is 11.6 Å². The number of halogens is 2. The summed E-state index contributed by atoms with van der Waals surface area (Å²) in [6.07, 6.45) is 1.52. The molecule has 0 radical (unpaired) electrons. The van der Waals surface area contributed by atoms with E-state index in [0.29, 0.717) is 12.8 Å². The Hall–Kier alpha value is -1.67. The standard InChI is InChI=1S/C17H16ClFO/c1-12-4-2-3-5-14(12)7-8-15(20)10-13-6-9-17(19)16(18)11-13/h2-6,9,11H,7-8,10H2,1H3. The normalized spacial score (nSPS) is 10.6. The van der Waals surface area contributed by atoms with Crippen LogP contribution in [0.25, 0.3) is 0 Å². The van der Waals surface area contributed by atoms with Crippen molar-refractivity contribution in [3.05, 3.63) is 70.0 Å². The van der Waals surface area contributed by atoms with Crippen molar-refractivity contribution in [3.8, 4) is 0 Å². The molecule has 0 aliphatic carbocycles. The highest BCUT2D eigenvalue weighted by molar-refractivity contribution is 6.30. The summed E-state index contributed by atoms with van der Waals surface area (Å²) in [4.78, 5) is 12.0. The van der Waals surface area contributed by atoms with Gasteiger partial charge in [0, 0.05) is 12.8 Å². The molecule has 104 valence electrons. The molecule has 0 saturated heterocycles. The van der Waals surface area contributed by atoms with E-state index in [2.05, 4.69) is 0 Å². The largest absolute Gasteiger partial charge is 0.299 e. The van der Waals surface area contributed by atoms with Gasteiger partial charge in [0.15, 0.2) is 0 Å². The Labute approximate surface area is 123 Å². The number of benzene rings is 2. The van der Waals surface area contributed by atoms with Crippen molar-refractivity contribution in [2.24, 2.45) is 0 Å². The van der Waals surface area contributed by atoms with Gasteiger partial charge >= 0.3 is 0 Å². The van der Waals surface area contributed by atoms with Crippen LogP contribution in [0, 0.1) is 12.7 Å². The molecule has 1 nitrogen and oxygen atoms in total. The highest BCUT2D eigenvalue weighted by atomic mass is 35.5. The van der Waals surface area contributed by atoms with E-state index in [9.17, 15) is 9.18 Å². The third-order valence-corrected chi connectivity index (χ3v) is 3.61. The lowest BCUT2D eigenvalue weighted by Gasteiger charge is -2.05. The van der Waals surface area contributed by atoms with Crippen LogP contribution >= 0.6 is 11.6 Å². The minimum absolute atomic E-state index is 0.0641. The van der Waals surface area contributed by atoms with Crippen molar-refractivity contribution in [3.63, 3.8) is 0 Å². The van der Waals surface area contributed by atoms with Gasteiger partial charge in [-0.15, -0.1) is 0 Å². The Morgan fingerprint density at radius 1 is 1.20 bits per heavy atom. The lowest BCUT2D eigenvalue weighted by atomic mass is 10.00. The van der Waals surface area contributed by atoms with Gasteiger partial charge in [-0.2, -0.15) is 0 Å². The molecule has 0 saturated carbocycles. The number of hydrogen-bond donors (Lipinski definition) is 0. The molecular weight excluding hydrogens is 275 g/mol. The van der Waals surface area contributed by atoms with Crippen LogP contribution in [0.15, 0.2) is 42.5 Å². The maximum Gasteiger partial charge on any atom is 0.141 e. The SMILES string of the molecule is Cc1ccccc1CCC(=O)Cc1ccc(F)c(Cl)c1. The molecule has 2 aromatic rings. The summed E-state index contributed by atoms with van der Waals surface area (Å²) in [7, 11) is 0. The van der Waals surface area contributed by atoms with Gasteiger partial charge in [-0.25, -0.2) is 4.39 Å². The van der Waals surface area contributed by atoms with E-state index < -0.39 is 5.82 Å². The first-order valence-electron chi connectivity index (χ1n) is 6.56. The lowest BCUT2D eigenvalue weighted by molar-refractivity contribution is -0.118. The van der Waals surface area contributed by atoms with E-state index in [1.165, 1.54) is 23.3 Å². The second-order valence-electron chi connectivity index (χ2n) is 4.89. The summed E-state index contributed by atoms with van der Waals surface area (Å²) in [6, 6.07) is 12.5. The van der Waals surface area contributed by atoms with Crippen molar-refractivity contribution in [1.29, 1.82) is 0 Å². The van der Waals surface area contributed by atoms with Crippen LogP contribution in [0.1, 0.15) is 23.1 Å². The van der Waals surface area contributed by atoms with E-state index in [4.69, 9.17) is 11.6 Å². The van der Waals surface area contributed by atoms with Gasteiger partial charge in [-0.1, -0.05) is 41.9 Å². The lowest BCUT2D eigenvalue weighted by Crippen LogP contribution is -2.05. The number of carbonyl (C=O) groups is 1. The van der Waals surface area contributed by atoms with Gasteiger partial charge in [0.05, 0.1) is 5.02 Å². The number of Topliss-reactive ketones (excluding diaryl/α,β-unsaturated/α-hetero) is 1. The minimum Gasteiger partial charge on any atom is -0.299 e. The van der Waals surface area contributed by atoms with Gasteiger partial charge in [-0.05, 0) is 42.2 Å². The van der Waals surface area contributed by atoms with Crippen molar-refractivity contribution in [1.82, 2.24) is 0 Å². The zero-order chi connectivity index (χ0) is 14.5. The number of carbonyl (C=O) groups excluding carboxylic acids is 1. The molecule has 0 heterocycles.